The molecule has 0 aromatic heterocycles. The largest absolute Gasteiger partial charge is 0.496 e. The van der Waals surface area contributed by atoms with E-state index in [9.17, 15) is 13.2 Å². The van der Waals surface area contributed by atoms with E-state index in [0.717, 1.165) is 36.5 Å². The highest BCUT2D eigenvalue weighted by Crippen LogP contribution is 2.26. The van der Waals surface area contributed by atoms with Gasteiger partial charge in [-0.3, -0.25) is 4.79 Å². The molecule has 8 heteroatoms. The maximum Gasteiger partial charge on any atom is 0.257 e. The summed E-state index contributed by atoms with van der Waals surface area (Å²) in [4.78, 5) is 15.0. The summed E-state index contributed by atoms with van der Waals surface area (Å²) in [5, 5.41) is 2.03. The second kappa shape index (κ2) is 10.9. The first-order valence-electron chi connectivity index (χ1n) is 11.6. The van der Waals surface area contributed by atoms with Crippen LogP contribution in [0.15, 0.2) is 65.6 Å². The van der Waals surface area contributed by atoms with E-state index >= 15 is 0 Å². The highest BCUT2D eigenvalue weighted by Gasteiger charge is 2.24. The molecule has 0 unspecified atom stereocenters. The number of carbonyl (C=O) groups is 1. The van der Waals surface area contributed by atoms with Gasteiger partial charge in [0.25, 0.3) is 5.91 Å². The number of ether oxygens (including phenoxy) is 2. The number of benzene rings is 3. The lowest BCUT2D eigenvalue weighted by molar-refractivity contribution is 0.0758. The van der Waals surface area contributed by atoms with Crippen LogP contribution in [-0.4, -0.2) is 52.6 Å². The number of rotatable bonds is 8. The summed E-state index contributed by atoms with van der Waals surface area (Å²) in [6.45, 7) is 1.60. The topological polar surface area (TPSA) is 84.9 Å². The van der Waals surface area contributed by atoms with Crippen molar-refractivity contribution in [3.05, 3.63) is 66.2 Å². The van der Waals surface area contributed by atoms with Gasteiger partial charge in [-0.25, -0.2) is 13.1 Å². The average molecular weight is 483 g/mol. The quantitative estimate of drug-likeness (QED) is 0.486. The molecule has 180 valence electrons. The second-order valence-corrected chi connectivity index (χ2v) is 10.1. The smallest absolute Gasteiger partial charge is 0.257 e. The minimum atomic E-state index is -3.83. The second-order valence-electron chi connectivity index (χ2n) is 8.29. The van der Waals surface area contributed by atoms with Crippen LogP contribution in [0.2, 0.25) is 0 Å². The Hall–Kier alpha value is -3.10. The van der Waals surface area contributed by atoms with Crippen LogP contribution in [0.25, 0.3) is 10.8 Å². The Morgan fingerprint density at radius 2 is 1.68 bits per heavy atom. The number of hydrogen-bond acceptors (Lipinski definition) is 5. The first kappa shape index (κ1) is 24.0. The van der Waals surface area contributed by atoms with Crippen molar-refractivity contribution in [2.45, 2.75) is 30.6 Å². The summed E-state index contributed by atoms with van der Waals surface area (Å²) < 4.78 is 39.6. The molecular weight excluding hydrogens is 452 g/mol. The molecular formula is C26H30N2O5S. The zero-order valence-corrected chi connectivity index (χ0v) is 20.1. The van der Waals surface area contributed by atoms with Gasteiger partial charge in [-0.1, -0.05) is 49.2 Å². The van der Waals surface area contributed by atoms with E-state index in [1.807, 2.05) is 42.5 Å². The van der Waals surface area contributed by atoms with Gasteiger partial charge < -0.3 is 14.4 Å². The molecule has 0 saturated carbocycles. The number of hydrogen-bond donors (Lipinski definition) is 1. The number of fused-ring (bicyclic) bond motifs is 1. The van der Waals surface area contributed by atoms with Gasteiger partial charge in [-0.05, 0) is 42.5 Å². The molecule has 34 heavy (non-hydrogen) atoms. The van der Waals surface area contributed by atoms with Crippen LogP contribution in [-0.2, 0) is 10.0 Å². The van der Waals surface area contributed by atoms with Gasteiger partial charge in [0.1, 0.15) is 18.1 Å². The van der Waals surface area contributed by atoms with Crippen LogP contribution in [0.3, 0.4) is 0 Å². The van der Waals surface area contributed by atoms with E-state index in [2.05, 4.69) is 4.72 Å². The average Bonchev–Trinajstić information content (AvgIpc) is 3.15. The third-order valence-corrected chi connectivity index (χ3v) is 7.46. The van der Waals surface area contributed by atoms with Crippen LogP contribution >= 0.6 is 0 Å². The fourth-order valence-corrected chi connectivity index (χ4v) is 5.25. The highest BCUT2D eigenvalue weighted by atomic mass is 32.2. The number of nitrogens with one attached hydrogen (secondary N) is 1. The maximum absolute atomic E-state index is 13.1. The van der Waals surface area contributed by atoms with Gasteiger partial charge in [0.15, 0.2) is 0 Å². The summed E-state index contributed by atoms with van der Waals surface area (Å²) >= 11 is 0. The van der Waals surface area contributed by atoms with Crippen LogP contribution in [0.4, 0.5) is 0 Å². The van der Waals surface area contributed by atoms with Crippen LogP contribution in [0, 0.1) is 0 Å². The number of sulfonamides is 1. The number of nitrogens with zero attached hydrogens (tertiary/aromatic N) is 1. The summed E-state index contributed by atoms with van der Waals surface area (Å²) in [5.74, 6) is 0.870. The number of amides is 1. The molecule has 1 aliphatic rings. The van der Waals surface area contributed by atoms with E-state index in [1.54, 1.807) is 4.90 Å². The summed E-state index contributed by atoms with van der Waals surface area (Å²) in [7, 11) is -2.35. The first-order valence-corrected chi connectivity index (χ1v) is 13.1. The molecule has 0 spiro atoms. The molecule has 1 fully saturated rings. The first-order chi connectivity index (χ1) is 16.5. The number of likely N-dealkylation sites (tertiary alicyclic amines) is 1. The molecule has 3 aromatic rings. The Morgan fingerprint density at radius 1 is 0.941 bits per heavy atom. The molecule has 4 rings (SSSR count). The molecule has 1 N–H and O–H groups in total. The minimum Gasteiger partial charge on any atom is -0.496 e. The summed E-state index contributed by atoms with van der Waals surface area (Å²) in [5.41, 5.74) is 0.263. The molecule has 0 radical (unpaired) electrons. The van der Waals surface area contributed by atoms with E-state index in [4.69, 9.17) is 9.47 Å². The number of carbonyl (C=O) groups excluding carboxylic acids is 1. The molecule has 3 aromatic carbocycles. The van der Waals surface area contributed by atoms with Crippen molar-refractivity contribution in [2.75, 3.05) is 33.4 Å². The summed E-state index contributed by atoms with van der Waals surface area (Å²) in [6.07, 6.45) is 4.09. The Labute approximate surface area is 200 Å². The van der Waals surface area contributed by atoms with Crippen molar-refractivity contribution in [1.29, 1.82) is 0 Å². The van der Waals surface area contributed by atoms with Crippen molar-refractivity contribution in [3.8, 4) is 11.5 Å². The number of methoxy groups -OCH3 is 1. The SMILES string of the molecule is COc1ccc(S(=O)(=O)NCCOc2cccc3ccccc23)cc1C(=O)N1CCCCCC1. The van der Waals surface area contributed by atoms with Gasteiger partial charge in [0.05, 0.1) is 17.6 Å². The fraction of sp³-hybridized carbons (Fsp3) is 0.346. The molecule has 0 aliphatic carbocycles. The van der Waals surface area contributed by atoms with E-state index in [-0.39, 0.29) is 29.5 Å². The van der Waals surface area contributed by atoms with Crippen molar-refractivity contribution < 1.29 is 22.7 Å². The van der Waals surface area contributed by atoms with Crippen LogP contribution < -0.4 is 14.2 Å². The Balaban J connectivity index is 1.44. The Morgan fingerprint density at radius 3 is 2.44 bits per heavy atom. The van der Waals surface area contributed by atoms with Crippen molar-refractivity contribution >= 4 is 26.7 Å². The standard InChI is InChI=1S/C26H30N2O5S/c1-32-24-14-13-21(19-23(24)26(29)28-16-6-2-3-7-17-28)34(30,31)27-15-18-33-25-12-8-10-20-9-4-5-11-22(20)25/h4-5,8-14,19,27H,2-3,6-7,15-18H2,1H3. The minimum absolute atomic E-state index is 0.0247. The molecule has 0 atom stereocenters. The lowest BCUT2D eigenvalue weighted by atomic mass is 10.1. The molecule has 1 heterocycles. The molecule has 1 saturated heterocycles. The van der Waals surface area contributed by atoms with Gasteiger partial charge in [0, 0.05) is 25.0 Å². The van der Waals surface area contributed by atoms with Gasteiger partial charge >= 0.3 is 0 Å². The van der Waals surface area contributed by atoms with Gasteiger partial charge in [0.2, 0.25) is 10.0 Å². The van der Waals surface area contributed by atoms with Crippen molar-refractivity contribution in [1.82, 2.24) is 9.62 Å². The van der Waals surface area contributed by atoms with Crippen molar-refractivity contribution in [3.63, 3.8) is 0 Å². The zero-order valence-electron chi connectivity index (χ0n) is 19.3. The predicted molar refractivity (Wildman–Crippen MR) is 132 cm³/mol. The van der Waals surface area contributed by atoms with Crippen LogP contribution in [0.1, 0.15) is 36.0 Å². The molecule has 1 aliphatic heterocycles. The van der Waals surface area contributed by atoms with Crippen LogP contribution in [0.5, 0.6) is 11.5 Å². The Kier molecular flexibility index (Phi) is 7.70. The molecule has 1 amide bonds. The van der Waals surface area contributed by atoms with Gasteiger partial charge in [-0.2, -0.15) is 0 Å². The monoisotopic (exact) mass is 482 g/mol. The summed E-state index contributed by atoms with van der Waals surface area (Å²) in [6, 6.07) is 18.0. The predicted octanol–water partition coefficient (Wildman–Crippen LogP) is 4.22. The normalized spacial score (nSPS) is 14.6. The highest BCUT2D eigenvalue weighted by molar-refractivity contribution is 7.89. The van der Waals surface area contributed by atoms with E-state index in [1.165, 1.54) is 25.3 Å². The fourth-order valence-electron chi connectivity index (χ4n) is 4.21. The van der Waals surface area contributed by atoms with Crippen molar-refractivity contribution in [2.24, 2.45) is 0 Å². The third kappa shape index (κ3) is 5.51. The van der Waals surface area contributed by atoms with E-state index in [0.29, 0.717) is 24.6 Å². The third-order valence-electron chi connectivity index (χ3n) is 6.01. The molecule has 7 nitrogen and oxygen atoms in total. The van der Waals surface area contributed by atoms with Gasteiger partial charge in [-0.15, -0.1) is 0 Å². The lowest BCUT2D eigenvalue weighted by Gasteiger charge is -2.22. The lowest BCUT2D eigenvalue weighted by Crippen LogP contribution is -2.32. The van der Waals surface area contributed by atoms with E-state index < -0.39 is 10.0 Å². The molecule has 0 bridgehead atoms. The zero-order chi connectivity index (χ0) is 24.0. The maximum atomic E-state index is 13.1. The Bertz CT molecular complexity index is 1250.